The fourth-order valence-electron chi connectivity index (χ4n) is 3.16. The highest BCUT2D eigenvalue weighted by molar-refractivity contribution is 5.86. The number of carboxylic acid groups (broad SMARTS) is 1. The summed E-state index contributed by atoms with van der Waals surface area (Å²) >= 11 is 0. The van der Waals surface area contributed by atoms with Crippen molar-refractivity contribution in [2.45, 2.75) is 20.4 Å². The van der Waals surface area contributed by atoms with Crippen LogP contribution in [0.15, 0.2) is 27.8 Å². The van der Waals surface area contributed by atoms with Crippen molar-refractivity contribution in [3.8, 4) is 5.69 Å². The first-order valence-corrected chi connectivity index (χ1v) is 8.37. The molecule has 1 aromatic heterocycles. The number of aryl methyl sites for hydroxylation is 2. The summed E-state index contributed by atoms with van der Waals surface area (Å²) in [6, 6.07) is 5.37. The Morgan fingerprint density at radius 3 is 2.54 bits per heavy atom. The number of benzene rings is 1. The largest absolute Gasteiger partial charge is 0.477 e. The number of morpholine rings is 1. The van der Waals surface area contributed by atoms with Crippen LogP contribution in [0.2, 0.25) is 0 Å². The number of nitrogens with one attached hydrogen (secondary N) is 1. The minimum absolute atomic E-state index is 0.0685. The second kappa shape index (κ2) is 7.27. The Kier molecular flexibility index (Phi) is 5.06. The van der Waals surface area contributed by atoms with Gasteiger partial charge in [-0.2, -0.15) is 0 Å². The second-order valence-electron chi connectivity index (χ2n) is 6.41. The number of aromatic nitrogens is 2. The van der Waals surface area contributed by atoms with E-state index >= 15 is 0 Å². The Hall–Kier alpha value is -2.71. The minimum Gasteiger partial charge on any atom is -0.477 e. The molecule has 1 saturated heterocycles. The molecule has 1 aliphatic heterocycles. The number of aromatic amines is 1. The first kappa shape index (κ1) is 18.1. The molecule has 0 aliphatic carbocycles. The van der Waals surface area contributed by atoms with E-state index in [4.69, 9.17) is 4.74 Å². The van der Waals surface area contributed by atoms with Gasteiger partial charge in [-0.1, -0.05) is 17.7 Å². The molecule has 3 rings (SSSR count). The van der Waals surface area contributed by atoms with Crippen LogP contribution in [0.25, 0.3) is 5.69 Å². The number of carbonyl (C=O) groups is 1. The van der Waals surface area contributed by atoms with Gasteiger partial charge < -0.3 is 14.8 Å². The van der Waals surface area contributed by atoms with Crippen LogP contribution in [0.5, 0.6) is 0 Å². The van der Waals surface area contributed by atoms with E-state index < -0.39 is 17.2 Å². The summed E-state index contributed by atoms with van der Waals surface area (Å²) < 4.78 is 6.30. The smallest absolute Gasteiger partial charge is 0.352 e. The molecule has 26 heavy (non-hydrogen) atoms. The van der Waals surface area contributed by atoms with Crippen molar-refractivity contribution in [2.75, 3.05) is 26.3 Å². The van der Waals surface area contributed by atoms with Gasteiger partial charge in [0.1, 0.15) is 5.69 Å². The lowest BCUT2D eigenvalue weighted by Crippen LogP contribution is -2.43. The SMILES string of the molecule is Cc1ccc(-n2c(=O)[nH]c(C(=O)O)c(CN3CCOCC3)c2=O)c(C)c1. The predicted octanol–water partition coefficient (Wildman–Crippen LogP) is 0.673. The van der Waals surface area contributed by atoms with Crippen LogP contribution in [0.1, 0.15) is 27.2 Å². The highest BCUT2D eigenvalue weighted by Crippen LogP contribution is 2.14. The molecule has 0 bridgehead atoms. The molecular formula is C18H21N3O5. The van der Waals surface area contributed by atoms with Gasteiger partial charge in [0.2, 0.25) is 0 Å². The maximum absolute atomic E-state index is 13.0. The van der Waals surface area contributed by atoms with E-state index in [1.54, 1.807) is 19.1 Å². The molecule has 0 atom stereocenters. The van der Waals surface area contributed by atoms with E-state index in [2.05, 4.69) is 4.98 Å². The average molecular weight is 359 g/mol. The van der Waals surface area contributed by atoms with Crippen molar-refractivity contribution in [1.82, 2.24) is 14.5 Å². The Morgan fingerprint density at radius 2 is 1.92 bits per heavy atom. The molecule has 8 heteroatoms. The maximum Gasteiger partial charge on any atom is 0.352 e. The molecule has 1 fully saturated rings. The number of hydrogen-bond acceptors (Lipinski definition) is 5. The highest BCUT2D eigenvalue weighted by Gasteiger charge is 2.23. The van der Waals surface area contributed by atoms with Crippen LogP contribution in [-0.4, -0.2) is 51.8 Å². The van der Waals surface area contributed by atoms with Gasteiger partial charge >= 0.3 is 11.7 Å². The highest BCUT2D eigenvalue weighted by atomic mass is 16.5. The molecule has 2 aromatic rings. The number of nitrogens with zero attached hydrogens (tertiary/aromatic N) is 2. The zero-order valence-electron chi connectivity index (χ0n) is 14.7. The third kappa shape index (κ3) is 3.47. The summed E-state index contributed by atoms with van der Waals surface area (Å²) in [6.45, 7) is 6.12. The van der Waals surface area contributed by atoms with Crippen molar-refractivity contribution in [1.29, 1.82) is 0 Å². The third-order valence-electron chi connectivity index (χ3n) is 4.49. The molecule has 0 unspecified atom stereocenters. The normalized spacial score (nSPS) is 15.2. The fraction of sp³-hybridized carbons (Fsp3) is 0.389. The Morgan fingerprint density at radius 1 is 1.23 bits per heavy atom. The van der Waals surface area contributed by atoms with Crippen molar-refractivity contribution < 1.29 is 14.6 Å². The van der Waals surface area contributed by atoms with Crippen LogP contribution in [-0.2, 0) is 11.3 Å². The summed E-state index contributed by atoms with van der Waals surface area (Å²) in [5, 5.41) is 9.43. The Balaban J connectivity index is 2.17. The quantitative estimate of drug-likeness (QED) is 0.832. The average Bonchev–Trinajstić information content (AvgIpc) is 2.59. The van der Waals surface area contributed by atoms with Crippen molar-refractivity contribution >= 4 is 5.97 Å². The molecule has 2 heterocycles. The van der Waals surface area contributed by atoms with E-state index in [9.17, 15) is 19.5 Å². The third-order valence-corrected chi connectivity index (χ3v) is 4.49. The van der Waals surface area contributed by atoms with Crippen LogP contribution >= 0.6 is 0 Å². The second-order valence-corrected chi connectivity index (χ2v) is 6.41. The first-order chi connectivity index (χ1) is 12.4. The van der Waals surface area contributed by atoms with Gasteiger partial charge in [-0.05, 0) is 25.5 Å². The number of carboxylic acids is 1. The monoisotopic (exact) mass is 359 g/mol. The fourth-order valence-corrected chi connectivity index (χ4v) is 3.16. The van der Waals surface area contributed by atoms with Crippen molar-refractivity contribution in [2.24, 2.45) is 0 Å². The van der Waals surface area contributed by atoms with E-state index in [0.29, 0.717) is 32.0 Å². The van der Waals surface area contributed by atoms with Crippen LogP contribution in [0.3, 0.4) is 0 Å². The summed E-state index contributed by atoms with van der Waals surface area (Å²) in [4.78, 5) is 41.4. The number of rotatable bonds is 4. The summed E-state index contributed by atoms with van der Waals surface area (Å²) in [6.07, 6.45) is 0. The molecule has 8 nitrogen and oxygen atoms in total. The molecule has 0 radical (unpaired) electrons. The van der Waals surface area contributed by atoms with Gasteiger partial charge in [0.25, 0.3) is 5.56 Å². The van der Waals surface area contributed by atoms with E-state index in [1.807, 2.05) is 17.9 Å². The molecule has 2 N–H and O–H groups in total. The zero-order chi connectivity index (χ0) is 18.8. The van der Waals surface area contributed by atoms with Crippen LogP contribution in [0, 0.1) is 13.8 Å². The standard InChI is InChI=1S/C18H21N3O5/c1-11-3-4-14(12(2)9-11)21-16(22)13(10-20-5-7-26-8-6-20)15(17(23)24)19-18(21)25/h3-4,9H,5-8,10H2,1-2H3,(H,19,25)(H,23,24). The molecule has 1 aromatic carbocycles. The number of H-pyrrole nitrogens is 1. The van der Waals surface area contributed by atoms with E-state index in [-0.39, 0.29) is 17.8 Å². The topological polar surface area (TPSA) is 105 Å². The molecular weight excluding hydrogens is 338 g/mol. The zero-order valence-corrected chi connectivity index (χ0v) is 14.7. The van der Waals surface area contributed by atoms with Crippen molar-refractivity contribution in [3.05, 3.63) is 61.4 Å². The van der Waals surface area contributed by atoms with Gasteiger partial charge in [0, 0.05) is 19.6 Å². The lowest BCUT2D eigenvalue weighted by Gasteiger charge is -2.26. The van der Waals surface area contributed by atoms with Gasteiger partial charge in [-0.3, -0.25) is 9.69 Å². The molecule has 0 spiro atoms. The molecule has 0 saturated carbocycles. The van der Waals surface area contributed by atoms with E-state index in [1.165, 1.54) is 0 Å². The van der Waals surface area contributed by atoms with Crippen LogP contribution in [0.4, 0.5) is 0 Å². The number of ether oxygens (including phenoxy) is 1. The summed E-state index contributed by atoms with van der Waals surface area (Å²) in [5.41, 5.74) is 0.563. The molecule has 0 amide bonds. The van der Waals surface area contributed by atoms with Crippen LogP contribution < -0.4 is 11.2 Å². The van der Waals surface area contributed by atoms with Gasteiger partial charge in [-0.15, -0.1) is 0 Å². The Labute approximate surface area is 149 Å². The lowest BCUT2D eigenvalue weighted by atomic mass is 10.1. The number of hydrogen-bond donors (Lipinski definition) is 2. The predicted molar refractivity (Wildman–Crippen MR) is 95.2 cm³/mol. The van der Waals surface area contributed by atoms with Crippen molar-refractivity contribution in [3.63, 3.8) is 0 Å². The molecule has 138 valence electrons. The lowest BCUT2D eigenvalue weighted by molar-refractivity contribution is 0.0336. The van der Waals surface area contributed by atoms with Gasteiger partial charge in [0.15, 0.2) is 0 Å². The summed E-state index contributed by atoms with van der Waals surface area (Å²) in [5.74, 6) is -1.32. The number of aromatic carboxylic acids is 1. The Bertz CT molecular complexity index is 954. The first-order valence-electron chi connectivity index (χ1n) is 8.37. The van der Waals surface area contributed by atoms with Gasteiger partial charge in [-0.25, -0.2) is 14.2 Å². The molecule has 1 aliphatic rings. The maximum atomic E-state index is 13.0. The minimum atomic E-state index is -1.32. The van der Waals surface area contributed by atoms with E-state index in [0.717, 1.165) is 15.7 Å². The van der Waals surface area contributed by atoms with Gasteiger partial charge in [0.05, 0.1) is 24.5 Å². The summed E-state index contributed by atoms with van der Waals surface area (Å²) in [7, 11) is 0.